The summed E-state index contributed by atoms with van der Waals surface area (Å²) < 4.78 is 16.9. The van der Waals surface area contributed by atoms with Gasteiger partial charge in [0.1, 0.15) is 6.61 Å². The maximum absolute atomic E-state index is 5.94. The molecule has 0 saturated heterocycles. The lowest BCUT2D eigenvalue weighted by Crippen LogP contribution is -1.98. The first-order valence-electron chi connectivity index (χ1n) is 9.40. The summed E-state index contributed by atoms with van der Waals surface area (Å²) in [5.74, 6) is 2.28. The van der Waals surface area contributed by atoms with Gasteiger partial charge in [0, 0.05) is 11.1 Å². The molecule has 146 valence electrons. The Balaban J connectivity index is 1.54. The molecule has 0 bridgehead atoms. The Labute approximate surface area is 169 Å². The van der Waals surface area contributed by atoms with Crippen LogP contribution in [0, 0.1) is 13.8 Å². The number of aromatic nitrogens is 2. The summed E-state index contributed by atoms with van der Waals surface area (Å²) in [6.45, 7) is 4.56. The van der Waals surface area contributed by atoms with Crippen molar-refractivity contribution >= 4 is 0 Å². The largest absolute Gasteiger partial charge is 0.493 e. The predicted molar refractivity (Wildman–Crippen MR) is 112 cm³/mol. The van der Waals surface area contributed by atoms with Crippen LogP contribution in [0.15, 0.2) is 71.3 Å². The van der Waals surface area contributed by atoms with E-state index in [1.165, 1.54) is 5.56 Å². The first-order chi connectivity index (χ1) is 14.1. The minimum Gasteiger partial charge on any atom is -0.493 e. The molecule has 5 heteroatoms. The first-order valence-corrected chi connectivity index (χ1v) is 9.40. The highest BCUT2D eigenvalue weighted by Gasteiger charge is 2.14. The minimum absolute atomic E-state index is 0.468. The maximum Gasteiger partial charge on any atom is 0.258 e. The Hall–Kier alpha value is -3.60. The lowest BCUT2D eigenvalue weighted by Gasteiger charge is -2.11. The molecule has 1 heterocycles. The van der Waals surface area contributed by atoms with Crippen LogP contribution in [0.1, 0.15) is 16.7 Å². The number of hydrogen-bond acceptors (Lipinski definition) is 5. The van der Waals surface area contributed by atoms with E-state index in [0.717, 1.165) is 22.3 Å². The molecule has 4 rings (SSSR count). The van der Waals surface area contributed by atoms with E-state index in [1.807, 2.05) is 49.4 Å². The van der Waals surface area contributed by atoms with Gasteiger partial charge in [0.05, 0.1) is 7.11 Å². The van der Waals surface area contributed by atoms with Crippen molar-refractivity contribution in [1.29, 1.82) is 0 Å². The van der Waals surface area contributed by atoms with Crippen LogP contribution in [0.5, 0.6) is 11.5 Å². The van der Waals surface area contributed by atoms with Crippen LogP contribution in [0.3, 0.4) is 0 Å². The highest BCUT2D eigenvalue weighted by atomic mass is 16.5. The van der Waals surface area contributed by atoms with Crippen molar-refractivity contribution in [2.24, 2.45) is 0 Å². The molecular weight excluding hydrogens is 364 g/mol. The molecular formula is C24H22N2O3. The van der Waals surface area contributed by atoms with Crippen molar-refractivity contribution < 1.29 is 14.0 Å². The summed E-state index contributed by atoms with van der Waals surface area (Å²) in [7, 11) is 1.62. The molecule has 0 fully saturated rings. The molecule has 0 aliphatic carbocycles. The average molecular weight is 386 g/mol. The van der Waals surface area contributed by atoms with Gasteiger partial charge in [-0.05, 0) is 49.7 Å². The van der Waals surface area contributed by atoms with Gasteiger partial charge in [-0.3, -0.25) is 0 Å². The summed E-state index contributed by atoms with van der Waals surface area (Å²) in [6.07, 6.45) is 0. The summed E-state index contributed by atoms with van der Waals surface area (Å²) in [4.78, 5) is 4.52. The monoisotopic (exact) mass is 386 g/mol. The topological polar surface area (TPSA) is 57.4 Å². The van der Waals surface area contributed by atoms with E-state index in [4.69, 9.17) is 14.0 Å². The molecule has 0 radical (unpaired) electrons. The molecule has 0 saturated carbocycles. The number of methoxy groups -OCH3 is 1. The van der Waals surface area contributed by atoms with E-state index < -0.39 is 0 Å². The number of hydrogen-bond donors (Lipinski definition) is 0. The Morgan fingerprint density at radius 2 is 1.66 bits per heavy atom. The molecule has 0 aliphatic rings. The zero-order chi connectivity index (χ0) is 20.2. The molecule has 4 aromatic rings. The van der Waals surface area contributed by atoms with Crippen molar-refractivity contribution in [3.8, 4) is 34.3 Å². The van der Waals surface area contributed by atoms with Crippen LogP contribution >= 0.6 is 0 Å². The van der Waals surface area contributed by atoms with Crippen molar-refractivity contribution in [1.82, 2.24) is 10.1 Å². The summed E-state index contributed by atoms with van der Waals surface area (Å²) >= 11 is 0. The van der Waals surface area contributed by atoms with E-state index in [2.05, 4.69) is 41.3 Å². The van der Waals surface area contributed by atoms with Crippen LogP contribution in [0.25, 0.3) is 22.8 Å². The molecule has 0 atom stereocenters. The number of benzene rings is 3. The Bertz CT molecular complexity index is 1120. The fraction of sp³-hybridized carbons (Fsp3) is 0.167. The molecule has 0 spiro atoms. The van der Waals surface area contributed by atoms with Crippen LogP contribution < -0.4 is 9.47 Å². The molecule has 0 amide bonds. The van der Waals surface area contributed by atoms with Crippen molar-refractivity contribution in [2.75, 3.05) is 7.11 Å². The molecule has 0 aliphatic heterocycles. The van der Waals surface area contributed by atoms with Crippen LogP contribution in [0.4, 0.5) is 0 Å². The number of ether oxygens (including phenoxy) is 2. The van der Waals surface area contributed by atoms with Gasteiger partial charge in [-0.1, -0.05) is 52.7 Å². The van der Waals surface area contributed by atoms with Gasteiger partial charge in [-0.15, -0.1) is 0 Å². The minimum atomic E-state index is 0.468. The third-order valence-corrected chi connectivity index (χ3v) is 4.63. The van der Waals surface area contributed by atoms with Gasteiger partial charge in [-0.25, -0.2) is 0 Å². The van der Waals surface area contributed by atoms with Crippen molar-refractivity contribution in [2.45, 2.75) is 20.5 Å². The van der Waals surface area contributed by atoms with Crippen molar-refractivity contribution in [3.63, 3.8) is 0 Å². The van der Waals surface area contributed by atoms with E-state index in [1.54, 1.807) is 7.11 Å². The Morgan fingerprint density at radius 3 is 2.41 bits per heavy atom. The quantitative estimate of drug-likeness (QED) is 0.431. The lowest BCUT2D eigenvalue weighted by molar-refractivity contribution is 0.284. The van der Waals surface area contributed by atoms with Gasteiger partial charge in [-0.2, -0.15) is 4.98 Å². The summed E-state index contributed by atoms with van der Waals surface area (Å²) in [6, 6.07) is 21.8. The van der Waals surface area contributed by atoms with Gasteiger partial charge < -0.3 is 14.0 Å². The fourth-order valence-corrected chi connectivity index (χ4v) is 3.01. The summed E-state index contributed by atoms with van der Waals surface area (Å²) in [5.41, 5.74) is 5.16. The predicted octanol–water partition coefficient (Wildman–Crippen LogP) is 5.61. The average Bonchev–Trinajstić information content (AvgIpc) is 3.23. The molecule has 5 nitrogen and oxygen atoms in total. The fourth-order valence-electron chi connectivity index (χ4n) is 3.01. The SMILES string of the molecule is COc1cc(-c2noc(-c3cccc(C)c3)n2)ccc1OCc1ccc(C)cc1. The van der Waals surface area contributed by atoms with Gasteiger partial charge in [0.25, 0.3) is 5.89 Å². The smallest absolute Gasteiger partial charge is 0.258 e. The van der Waals surface area contributed by atoms with Crippen LogP contribution in [0.2, 0.25) is 0 Å². The molecule has 1 aromatic heterocycles. The van der Waals surface area contributed by atoms with Gasteiger partial charge in [0.15, 0.2) is 11.5 Å². The third kappa shape index (κ3) is 4.29. The third-order valence-electron chi connectivity index (χ3n) is 4.63. The molecule has 3 aromatic carbocycles. The first kappa shape index (κ1) is 18.7. The molecule has 0 N–H and O–H groups in total. The standard InChI is InChI=1S/C24H22N2O3/c1-16-7-9-18(10-8-16)15-28-21-12-11-19(14-22(21)27-3)23-25-24(29-26-23)20-6-4-5-17(2)13-20/h4-14H,15H2,1-3H3. The van der Waals surface area contributed by atoms with Gasteiger partial charge in [0.2, 0.25) is 5.82 Å². The second-order valence-corrected chi connectivity index (χ2v) is 6.93. The summed E-state index contributed by atoms with van der Waals surface area (Å²) in [5, 5.41) is 4.12. The normalized spacial score (nSPS) is 10.7. The highest BCUT2D eigenvalue weighted by Crippen LogP contribution is 2.33. The lowest BCUT2D eigenvalue weighted by atomic mass is 10.1. The molecule has 0 unspecified atom stereocenters. The van der Waals surface area contributed by atoms with Gasteiger partial charge >= 0.3 is 0 Å². The zero-order valence-corrected chi connectivity index (χ0v) is 16.7. The number of rotatable bonds is 6. The number of nitrogens with zero attached hydrogens (tertiary/aromatic N) is 2. The van der Waals surface area contributed by atoms with E-state index in [9.17, 15) is 0 Å². The van der Waals surface area contributed by atoms with E-state index in [0.29, 0.717) is 29.8 Å². The number of aryl methyl sites for hydroxylation is 2. The van der Waals surface area contributed by atoms with Crippen LogP contribution in [-0.4, -0.2) is 17.3 Å². The van der Waals surface area contributed by atoms with Crippen LogP contribution in [-0.2, 0) is 6.61 Å². The van der Waals surface area contributed by atoms with E-state index in [-0.39, 0.29) is 0 Å². The second-order valence-electron chi connectivity index (χ2n) is 6.93. The maximum atomic E-state index is 5.94. The van der Waals surface area contributed by atoms with E-state index >= 15 is 0 Å². The highest BCUT2D eigenvalue weighted by molar-refractivity contribution is 5.63. The Kier molecular flexibility index (Phi) is 5.29. The Morgan fingerprint density at radius 1 is 0.828 bits per heavy atom. The zero-order valence-electron chi connectivity index (χ0n) is 16.7. The second kappa shape index (κ2) is 8.19. The molecule has 29 heavy (non-hydrogen) atoms. The van der Waals surface area contributed by atoms with Crippen molar-refractivity contribution in [3.05, 3.63) is 83.4 Å².